The first-order valence-corrected chi connectivity index (χ1v) is 8.49. The van der Waals surface area contributed by atoms with Crippen LogP contribution in [0, 0.1) is 0 Å². The zero-order chi connectivity index (χ0) is 13.3. The summed E-state index contributed by atoms with van der Waals surface area (Å²) in [5, 5.41) is 5.37. The molecule has 96 valence electrons. The average molecular weight is 276 g/mol. The number of hydrogen-bond donors (Lipinski definition) is 0. The molecule has 0 saturated heterocycles. The van der Waals surface area contributed by atoms with Gasteiger partial charge in [0.25, 0.3) is 0 Å². The van der Waals surface area contributed by atoms with Gasteiger partial charge >= 0.3 is 0 Å². The van der Waals surface area contributed by atoms with Gasteiger partial charge in [0.05, 0.1) is 11.0 Å². The Morgan fingerprint density at radius 3 is 1.70 bits per heavy atom. The lowest BCUT2D eigenvalue weighted by Gasteiger charge is -2.00. The molecule has 5 rings (SSSR count). The molecule has 3 aromatic heterocycles. The summed E-state index contributed by atoms with van der Waals surface area (Å²) in [6, 6.07) is 17.7. The lowest BCUT2D eigenvalue weighted by Crippen LogP contribution is -1.80. The van der Waals surface area contributed by atoms with E-state index >= 15 is 0 Å². The molecule has 5 aromatic rings. The summed E-state index contributed by atoms with van der Waals surface area (Å²) in [7, 11) is -0.421. The Morgan fingerprint density at radius 2 is 1.20 bits per heavy atom. The summed E-state index contributed by atoms with van der Waals surface area (Å²) in [5.74, 6) is 0. The van der Waals surface area contributed by atoms with Gasteiger partial charge in [-0.2, -0.15) is 0 Å². The molecule has 20 heavy (non-hydrogen) atoms. The fourth-order valence-electron chi connectivity index (χ4n) is 3.37. The summed E-state index contributed by atoms with van der Waals surface area (Å²) in [5.41, 5.74) is 2.75. The summed E-state index contributed by atoms with van der Waals surface area (Å²) in [6.07, 6.45) is 4.47. The monoisotopic (exact) mass is 276 g/mol. The van der Waals surface area contributed by atoms with E-state index in [1.54, 1.807) is 0 Å². The molecule has 0 N–H and O–H groups in total. The third-order valence-electron chi connectivity index (χ3n) is 4.30. The molecule has 2 nitrogen and oxygen atoms in total. The highest BCUT2D eigenvalue weighted by Gasteiger charge is 2.11. The van der Waals surface area contributed by atoms with Gasteiger partial charge in [0.2, 0.25) is 0 Å². The predicted octanol–water partition coefficient (Wildman–Crippen LogP) is 5.02. The number of rotatable bonds is 0. The number of benzene rings is 2. The summed E-state index contributed by atoms with van der Waals surface area (Å²) >= 11 is 0. The van der Waals surface area contributed by atoms with Crippen LogP contribution in [0.2, 0.25) is 0 Å². The van der Waals surface area contributed by atoms with Crippen molar-refractivity contribution in [2.75, 3.05) is 0 Å². The third-order valence-corrected chi connectivity index (χ3v) is 6.21. The molecule has 0 aliphatic rings. The summed E-state index contributed by atoms with van der Waals surface area (Å²) in [4.78, 5) is 0. The number of aromatic nitrogens is 2. The van der Waals surface area contributed by atoms with E-state index in [1.807, 2.05) is 0 Å². The summed E-state index contributed by atoms with van der Waals surface area (Å²) < 4.78 is 4.89. The molecular weight excluding hydrogens is 263 g/mol. The van der Waals surface area contributed by atoms with Crippen LogP contribution < -0.4 is 0 Å². The van der Waals surface area contributed by atoms with E-state index in [-0.39, 0.29) is 0 Å². The van der Waals surface area contributed by atoms with Crippen LogP contribution in [0.15, 0.2) is 60.9 Å². The number of fused-ring (bicyclic) bond motifs is 1. The van der Waals surface area contributed by atoms with E-state index in [2.05, 4.69) is 75.9 Å². The number of aryl methyl sites for hydroxylation is 1. The first kappa shape index (κ1) is 10.6. The van der Waals surface area contributed by atoms with Crippen molar-refractivity contribution in [1.29, 1.82) is 0 Å². The van der Waals surface area contributed by atoms with Crippen molar-refractivity contribution in [3.63, 3.8) is 0 Å². The van der Waals surface area contributed by atoms with Crippen LogP contribution in [0.5, 0.6) is 0 Å². The molecule has 0 radical (unpaired) electrons. The lowest BCUT2D eigenvalue weighted by molar-refractivity contribution is 1.30. The van der Waals surface area contributed by atoms with E-state index in [0.717, 1.165) is 0 Å². The largest absolute Gasteiger partial charge is 0.293 e. The molecular formula is C17H13N2P. The minimum Gasteiger partial charge on any atom is -0.293 e. The van der Waals surface area contributed by atoms with E-state index < -0.39 is 7.85 Å². The van der Waals surface area contributed by atoms with Crippen molar-refractivity contribution in [2.45, 2.75) is 0 Å². The van der Waals surface area contributed by atoms with Crippen molar-refractivity contribution in [1.82, 2.24) is 8.33 Å². The SMILES string of the molecule is Cp1n2ccc3cccc(c4cccc5ccn1c54)c32. The van der Waals surface area contributed by atoms with Crippen LogP contribution in [0.3, 0.4) is 0 Å². The maximum atomic E-state index is 2.44. The van der Waals surface area contributed by atoms with Gasteiger partial charge in [-0.1, -0.05) is 36.4 Å². The fourth-order valence-corrected chi connectivity index (χ4v) is 5.13. The highest BCUT2D eigenvalue weighted by atomic mass is 31.1. The zero-order valence-electron chi connectivity index (χ0n) is 11.1. The quantitative estimate of drug-likeness (QED) is 0.375. The van der Waals surface area contributed by atoms with E-state index in [4.69, 9.17) is 0 Å². The topological polar surface area (TPSA) is 8.82 Å². The first-order chi connectivity index (χ1) is 9.84. The molecule has 0 fully saturated rings. The zero-order valence-corrected chi connectivity index (χ0v) is 12.0. The highest BCUT2D eigenvalue weighted by Crippen LogP contribution is 2.37. The maximum Gasteiger partial charge on any atom is 0.0648 e. The van der Waals surface area contributed by atoms with Crippen LogP contribution in [0.4, 0.5) is 0 Å². The maximum absolute atomic E-state index is 2.44. The Hall–Kier alpha value is -2.18. The lowest BCUT2D eigenvalue weighted by atomic mass is 10.1. The number of para-hydroxylation sites is 2. The van der Waals surface area contributed by atoms with Crippen molar-refractivity contribution in [2.24, 2.45) is 6.66 Å². The van der Waals surface area contributed by atoms with Crippen LogP contribution in [0.25, 0.3) is 32.6 Å². The van der Waals surface area contributed by atoms with Crippen LogP contribution >= 0.6 is 7.85 Å². The van der Waals surface area contributed by atoms with Gasteiger partial charge in [0, 0.05) is 48.5 Å². The van der Waals surface area contributed by atoms with Gasteiger partial charge in [0.15, 0.2) is 0 Å². The second kappa shape index (κ2) is 3.47. The average Bonchev–Trinajstić information content (AvgIpc) is 3.07. The van der Waals surface area contributed by atoms with Gasteiger partial charge < -0.3 is 0 Å². The standard InChI is InChI=1S/C17H13N2P/c1-20-18-10-8-12-4-2-6-14(16(12)18)15-7-3-5-13-9-11-19(20)17(13)15/h2-11H,1H3. The Balaban J connectivity index is 2.34. The van der Waals surface area contributed by atoms with Gasteiger partial charge in [-0.25, -0.2) is 0 Å². The molecule has 0 aliphatic carbocycles. The van der Waals surface area contributed by atoms with E-state index in [0.29, 0.717) is 0 Å². The van der Waals surface area contributed by atoms with Crippen molar-refractivity contribution in [3.8, 4) is 0 Å². The molecule has 0 atom stereocenters. The number of hydrogen-bond acceptors (Lipinski definition) is 0. The van der Waals surface area contributed by atoms with Crippen LogP contribution in [0.1, 0.15) is 0 Å². The third kappa shape index (κ3) is 1.12. The highest BCUT2D eigenvalue weighted by molar-refractivity contribution is 7.40. The second-order valence-corrected chi connectivity index (χ2v) is 7.14. The molecule has 3 heterocycles. The van der Waals surface area contributed by atoms with Gasteiger partial charge in [0.1, 0.15) is 0 Å². The normalized spacial score (nSPS) is 12.2. The molecule has 0 amide bonds. The fraction of sp³-hybridized carbons (Fsp3) is 0.0588. The molecule has 0 aliphatic heterocycles. The molecule has 0 saturated carbocycles. The minimum absolute atomic E-state index is 0.421. The van der Waals surface area contributed by atoms with Gasteiger partial charge in [-0.15, -0.1) is 0 Å². The van der Waals surface area contributed by atoms with E-state index in [9.17, 15) is 0 Å². The second-order valence-electron chi connectivity index (χ2n) is 5.30. The minimum atomic E-state index is -0.421. The summed E-state index contributed by atoms with van der Waals surface area (Å²) in [6.45, 7) is 2.33. The Bertz CT molecular complexity index is 1020. The predicted molar refractivity (Wildman–Crippen MR) is 87.1 cm³/mol. The van der Waals surface area contributed by atoms with Crippen molar-refractivity contribution >= 4 is 40.4 Å². The van der Waals surface area contributed by atoms with Crippen LogP contribution in [-0.2, 0) is 6.66 Å². The molecule has 2 aromatic carbocycles. The molecule has 0 unspecified atom stereocenters. The smallest absolute Gasteiger partial charge is 0.0648 e. The van der Waals surface area contributed by atoms with E-state index in [1.165, 1.54) is 32.6 Å². The van der Waals surface area contributed by atoms with Gasteiger partial charge in [-0.3, -0.25) is 8.33 Å². The van der Waals surface area contributed by atoms with Gasteiger partial charge in [-0.05, 0) is 12.1 Å². The van der Waals surface area contributed by atoms with Crippen LogP contribution in [-0.4, -0.2) is 8.33 Å². The molecule has 0 bridgehead atoms. The Labute approximate surface area is 117 Å². The molecule has 3 heteroatoms. The Kier molecular flexibility index (Phi) is 1.84. The van der Waals surface area contributed by atoms with Crippen molar-refractivity contribution in [3.05, 3.63) is 60.9 Å². The molecule has 0 spiro atoms. The Morgan fingerprint density at radius 1 is 0.700 bits per heavy atom. The number of nitrogens with zero attached hydrogens (tertiary/aromatic N) is 2. The first-order valence-electron chi connectivity index (χ1n) is 6.79. The van der Waals surface area contributed by atoms with Crippen molar-refractivity contribution < 1.29 is 0 Å².